The maximum absolute atomic E-state index is 5.73. The van der Waals surface area contributed by atoms with E-state index in [-0.39, 0.29) is 0 Å². The summed E-state index contributed by atoms with van der Waals surface area (Å²) in [6.07, 6.45) is 4.56. The van der Waals surface area contributed by atoms with Gasteiger partial charge in [-0.3, -0.25) is 0 Å². The number of aryl methyl sites for hydroxylation is 1. The van der Waals surface area contributed by atoms with E-state index < -0.39 is 3.79 Å². The van der Waals surface area contributed by atoms with Crippen LogP contribution in [0.1, 0.15) is 36.8 Å². The molecule has 0 aliphatic rings. The molecule has 0 aliphatic carbocycles. The van der Waals surface area contributed by atoms with Crippen LogP contribution in [0.25, 0.3) is 0 Å². The third kappa shape index (κ3) is 3.93. The Labute approximate surface area is 104 Å². The SMILES string of the molecule is CCCCCc1cc(C(Cl)(Cl)Cl)sn1. The van der Waals surface area contributed by atoms with Crippen molar-refractivity contribution in [3.05, 3.63) is 16.6 Å². The number of aromatic nitrogens is 1. The van der Waals surface area contributed by atoms with E-state index >= 15 is 0 Å². The van der Waals surface area contributed by atoms with E-state index in [1.54, 1.807) is 0 Å². The van der Waals surface area contributed by atoms with Gasteiger partial charge in [-0.15, -0.1) is 0 Å². The second-order valence-corrected chi connectivity index (χ2v) is 6.22. The minimum Gasteiger partial charge on any atom is -0.197 e. The van der Waals surface area contributed by atoms with E-state index in [0.717, 1.165) is 18.5 Å². The first-order valence-corrected chi connectivity index (χ1v) is 6.47. The highest BCUT2D eigenvalue weighted by atomic mass is 35.6. The number of halogens is 3. The zero-order valence-electron chi connectivity index (χ0n) is 7.90. The molecule has 14 heavy (non-hydrogen) atoms. The molecule has 0 aliphatic heterocycles. The molecule has 0 amide bonds. The van der Waals surface area contributed by atoms with Crippen molar-refractivity contribution in [2.45, 2.75) is 36.4 Å². The summed E-state index contributed by atoms with van der Waals surface area (Å²) in [6, 6.07) is 1.88. The van der Waals surface area contributed by atoms with Gasteiger partial charge in [0.2, 0.25) is 3.79 Å². The van der Waals surface area contributed by atoms with Crippen molar-refractivity contribution in [1.29, 1.82) is 0 Å². The van der Waals surface area contributed by atoms with Crippen LogP contribution in [0, 0.1) is 0 Å². The van der Waals surface area contributed by atoms with Crippen LogP contribution in [0.3, 0.4) is 0 Å². The van der Waals surface area contributed by atoms with Crippen molar-refractivity contribution < 1.29 is 0 Å². The summed E-state index contributed by atoms with van der Waals surface area (Å²) in [4.78, 5) is 0.703. The molecule has 0 N–H and O–H groups in total. The first-order chi connectivity index (χ1) is 6.54. The van der Waals surface area contributed by atoms with Crippen molar-refractivity contribution >= 4 is 46.3 Å². The van der Waals surface area contributed by atoms with Gasteiger partial charge >= 0.3 is 0 Å². The van der Waals surface area contributed by atoms with Crippen molar-refractivity contribution in [1.82, 2.24) is 4.37 Å². The van der Waals surface area contributed by atoms with Crippen LogP contribution in [0.2, 0.25) is 0 Å². The molecule has 5 heteroatoms. The number of nitrogens with zero attached hydrogens (tertiary/aromatic N) is 1. The summed E-state index contributed by atoms with van der Waals surface area (Å²) in [5.74, 6) is 0. The molecule has 1 nitrogen and oxygen atoms in total. The van der Waals surface area contributed by atoms with Crippen molar-refractivity contribution in [2.24, 2.45) is 0 Å². The van der Waals surface area contributed by atoms with Gasteiger partial charge in [-0.2, -0.15) is 4.37 Å². The van der Waals surface area contributed by atoms with Gasteiger partial charge in [-0.25, -0.2) is 0 Å². The van der Waals surface area contributed by atoms with Crippen molar-refractivity contribution in [3.63, 3.8) is 0 Å². The first-order valence-electron chi connectivity index (χ1n) is 4.57. The number of hydrogen-bond acceptors (Lipinski definition) is 2. The standard InChI is InChI=1S/C9H12Cl3NS/c1-2-3-4-5-7-6-8(14-13-7)9(10,11)12/h6H,2-5H2,1H3. The maximum Gasteiger partial charge on any atom is 0.226 e. The minimum absolute atomic E-state index is 0.703. The lowest BCUT2D eigenvalue weighted by Crippen LogP contribution is -1.95. The predicted molar refractivity (Wildman–Crippen MR) is 64.6 cm³/mol. The van der Waals surface area contributed by atoms with Gasteiger partial charge in [0.1, 0.15) is 0 Å². The summed E-state index contributed by atoms with van der Waals surface area (Å²) in [5, 5.41) is 0. The Morgan fingerprint density at radius 2 is 2.07 bits per heavy atom. The van der Waals surface area contributed by atoms with E-state index in [2.05, 4.69) is 11.3 Å². The van der Waals surface area contributed by atoms with Crippen LogP contribution >= 0.6 is 46.3 Å². The lowest BCUT2D eigenvalue weighted by atomic mass is 10.1. The Hall–Kier alpha value is 0.500. The first kappa shape index (κ1) is 12.6. The molecular weight excluding hydrogens is 261 g/mol. The normalized spacial score (nSPS) is 12.0. The predicted octanol–water partition coefficient (Wildman–Crippen LogP) is 4.70. The number of alkyl halides is 3. The quantitative estimate of drug-likeness (QED) is 0.572. The van der Waals surface area contributed by atoms with Crippen LogP contribution in [-0.2, 0) is 10.2 Å². The molecule has 1 aromatic rings. The van der Waals surface area contributed by atoms with Crippen LogP contribution < -0.4 is 0 Å². The van der Waals surface area contributed by atoms with Crippen molar-refractivity contribution in [2.75, 3.05) is 0 Å². The van der Waals surface area contributed by atoms with Gasteiger partial charge in [0, 0.05) is 0 Å². The largest absolute Gasteiger partial charge is 0.226 e. The smallest absolute Gasteiger partial charge is 0.197 e. The Morgan fingerprint density at radius 3 is 2.57 bits per heavy atom. The summed E-state index contributed by atoms with van der Waals surface area (Å²) < 4.78 is 2.92. The fourth-order valence-corrected chi connectivity index (χ4v) is 2.25. The fraction of sp³-hybridized carbons (Fsp3) is 0.667. The maximum atomic E-state index is 5.73. The summed E-state index contributed by atoms with van der Waals surface area (Å²) in [7, 11) is 0. The third-order valence-corrected chi connectivity index (χ3v) is 3.77. The Morgan fingerprint density at radius 1 is 1.36 bits per heavy atom. The monoisotopic (exact) mass is 271 g/mol. The Kier molecular flexibility index (Phi) is 4.98. The molecule has 1 heterocycles. The van der Waals surface area contributed by atoms with Crippen LogP contribution in [0.15, 0.2) is 6.07 Å². The summed E-state index contributed by atoms with van der Waals surface area (Å²) >= 11 is 18.5. The van der Waals surface area contributed by atoms with Crippen LogP contribution in [0.5, 0.6) is 0 Å². The zero-order valence-corrected chi connectivity index (χ0v) is 11.0. The second-order valence-electron chi connectivity index (χ2n) is 3.14. The highest BCUT2D eigenvalue weighted by molar-refractivity contribution is 7.07. The molecule has 0 radical (unpaired) electrons. The Bertz CT molecular complexity index is 280. The van der Waals surface area contributed by atoms with E-state index in [9.17, 15) is 0 Å². The molecule has 0 fully saturated rings. The van der Waals surface area contributed by atoms with Crippen LogP contribution in [-0.4, -0.2) is 4.37 Å². The number of unbranched alkanes of at least 4 members (excludes halogenated alkanes) is 2. The summed E-state index contributed by atoms with van der Waals surface area (Å²) in [6.45, 7) is 2.17. The molecule has 1 rings (SSSR count). The van der Waals surface area contributed by atoms with Crippen LogP contribution in [0.4, 0.5) is 0 Å². The molecule has 0 bridgehead atoms. The van der Waals surface area contributed by atoms with Gasteiger partial charge in [0.15, 0.2) is 0 Å². The highest BCUT2D eigenvalue weighted by Crippen LogP contribution is 2.40. The van der Waals surface area contributed by atoms with Gasteiger partial charge in [-0.05, 0) is 30.4 Å². The van der Waals surface area contributed by atoms with Crippen molar-refractivity contribution in [3.8, 4) is 0 Å². The van der Waals surface area contributed by atoms with Gasteiger partial charge in [-0.1, -0.05) is 54.6 Å². The lowest BCUT2D eigenvalue weighted by molar-refractivity contribution is 0.711. The van der Waals surface area contributed by atoms with Gasteiger partial charge < -0.3 is 0 Å². The second kappa shape index (κ2) is 5.55. The van der Waals surface area contributed by atoms with E-state index in [4.69, 9.17) is 34.8 Å². The number of rotatable bonds is 4. The molecular formula is C9H12Cl3NS. The lowest BCUT2D eigenvalue weighted by Gasteiger charge is -2.04. The Balaban J connectivity index is 2.51. The molecule has 0 aromatic carbocycles. The molecule has 0 spiro atoms. The summed E-state index contributed by atoms with van der Waals surface area (Å²) in [5.41, 5.74) is 1.03. The molecule has 0 saturated carbocycles. The minimum atomic E-state index is -1.32. The average Bonchev–Trinajstić information content (AvgIpc) is 2.52. The highest BCUT2D eigenvalue weighted by Gasteiger charge is 2.25. The van der Waals surface area contributed by atoms with E-state index in [0.29, 0.717) is 4.88 Å². The topological polar surface area (TPSA) is 12.9 Å². The van der Waals surface area contributed by atoms with Gasteiger partial charge in [0.25, 0.3) is 0 Å². The molecule has 0 saturated heterocycles. The number of hydrogen-bond donors (Lipinski definition) is 0. The molecule has 0 unspecified atom stereocenters. The third-order valence-electron chi connectivity index (χ3n) is 1.87. The average molecular weight is 273 g/mol. The van der Waals surface area contributed by atoms with E-state index in [1.807, 2.05) is 6.07 Å². The van der Waals surface area contributed by atoms with Gasteiger partial charge in [0.05, 0.1) is 10.6 Å². The molecule has 1 aromatic heterocycles. The molecule has 0 atom stereocenters. The zero-order chi connectivity index (χ0) is 10.6. The fourth-order valence-electron chi connectivity index (χ4n) is 1.12. The molecule has 80 valence electrons. The van der Waals surface area contributed by atoms with E-state index in [1.165, 1.54) is 24.4 Å².